The predicted molar refractivity (Wildman–Crippen MR) is 61.3 cm³/mol. The molecular formula is C12H10O2S. The van der Waals surface area contributed by atoms with Crippen LogP contribution < -0.4 is 0 Å². The maximum absolute atomic E-state index is 11.6. The van der Waals surface area contributed by atoms with Crippen molar-refractivity contribution in [3.8, 4) is 0 Å². The van der Waals surface area contributed by atoms with Crippen LogP contribution >= 0.6 is 0 Å². The van der Waals surface area contributed by atoms with Crippen molar-refractivity contribution in [2.75, 3.05) is 5.75 Å². The molecule has 76 valence electrons. The van der Waals surface area contributed by atoms with E-state index in [0.717, 1.165) is 10.8 Å². The Labute approximate surface area is 90.4 Å². The van der Waals surface area contributed by atoms with Crippen molar-refractivity contribution in [3.63, 3.8) is 0 Å². The van der Waals surface area contributed by atoms with Crippen molar-refractivity contribution >= 4 is 27.9 Å². The summed E-state index contributed by atoms with van der Waals surface area (Å²) >= 11 is 0. The molecule has 0 amide bonds. The fourth-order valence-corrected chi connectivity index (χ4v) is 2.26. The number of carbonyl (C=O) groups is 1. The van der Waals surface area contributed by atoms with E-state index in [9.17, 15) is 9.00 Å². The molecule has 0 fully saturated rings. The highest BCUT2D eigenvalue weighted by Crippen LogP contribution is 2.17. The lowest BCUT2D eigenvalue weighted by atomic mass is 10.1. The molecule has 0 aliphatic heterocycles. The first-order valence-corrected chi connectivity index (χ1v) is 5.94. The number of hydrogen-bond acceptors (Lipinski definition) is 2. The van der Waals surface area contributed by atoms with Gasteiger partial charge in [-0.15, -0.1) is 0 Å². The first-order chi connectivity index (χ1) is 7.31. The second kappa shape index (κ2) is 4.36. The molecule has 0 saturated carbocycles. The smallest absolute Gasteiger partial charge is 0.132 e. The Hall–Kier alpha value is -1.48. The molecule has 0 aromatic heterocycles. The summed E-state index contributed by atoms with van der Waals surface area (Å²) in [5.41, 5.74) is 0. The molecule has 0 N–H and O–H groups in total. The van der Waals surface area contributed by atoms with E-state index < -0.39 is 10.8 Å². The topological polar surface area (TPSA) is 34.1 Å². The molecule has 0 spiro atoms. The van der Waals surface area contributed by atoms with E-state index in [0.29, 0.717) is 11.2 Å². The molecular weight excluding hydrogens is 208 g/mol. The first kappa shape index (κ1) is 10.1. The third-order valence-electron chi connectivity index (χ3n) is 2.20. The quantitative estimate of drug-likeness (QED) is 0.740. The number of aldehydes is 1. The van der Waals surface area contributed by atoms with Gasteiger partial charge in [-0.3, -0.25) is 4.21 Å². The number of hydrogen-bond donors (Lipinski definition) is 0. The van der Waals surface area contributed by atoms with Crippen LogP contribution in [0.1, 0.15) is 0 Å². The second-order valence-electron chi connectivity index (χ2n) is 3.19. The molecule has 15 heavy (non-hydrogen) atoms. The normalized spacial score (nSPS) is 12.5. The summed E-state index contributed by atoms with van der Waals surface area (Å²) in [4.78, 5) is 11.0. The van der Waals surface area contributed by atoms with Gasteiger partial charge in [0.1, 0.15) is 6.29 Å². The van der Waals surface area contributed by atoms with Gasteiger partial charge in [-0.2, -0.15) is 0 Å². The molecule has 3 heteroatoms. The van der Waals surface area contributed by atoms with Crippen molar-refractivity contribution in [1.82, 2.24) is 0 Å². The van der Waals surface area contributed by atoms with E-state index in [-0.39, 0.29) is 5.75 Å². The predicted octanol–water partition coefficient (Wildman–Crippen LogP) is 2.15. The summed E-state index contributed by atoms with van der Waals surface area (Å²) < 4.78 is 11.6. The Bertz CT molecular complexity index is 520. The van der Waals surface area contributed by atoms with E-state index in [1.807, 2.05) is 42.5 Å². The van der Waals surface area contributed by atoms with Crippen LogP contribution in [0.4, 0.5) is 0 Å². The van der Waals surface area contributed by atoms with E-state index in [4.69, 9.17) is 0 Å². The standard InChI is InChI=1S/C12H10O2S/c13-7-8-15(14)12-6-5-10-3-1-2-4-11(10)9-12/h1-7,9H,8H2. The lowest BCUT2D eigenvalue weighted by Crippen LogP contribution is -1.98. The molecule has 2 rings (SSSR count). The molecule has 0 heterocycles. The average Bonchev–Trinajstić information content (AvgIpc) is 2.29. The summed E-state index contributed by atoms with van der Waals surface area (Å²) in [5, 5.41) is 2.17. The number of benzene rings is 2. The summed E-state index contributed by atoms with van der Waals surface area (Å²) in [7, 11) is -1.21. The van der Waals surface area contributed by atoms with E-state index in [1.165, 1.54) is 0 Å². The Balaban J connectivity index is 2.46. The summed E-state index contributed by atoms with van der Waals surface area (Å²) in [6.45, 7) is 0. The number of carbonyl (C=O) groups excluding carboxylic acids is 1. The van der Waals surface area contributed by atoms with Gasteiger partial charge < -0.3 is 4.79 Å². The van der Waals surface area contributed by atoms with E-state index in [1.54, 1.807) is 0 Å². The van der Waals surface area contributed by atoms with Gasteiger partial charge in [0.15, 0.2) is 0 Å². The Morgan fingerprint density at radius 2 is 1.80 bits per heavy atom. The first-order valence-electron chi connectivity index (χ1n) is 4.62. The highest BCUT2D eigenvalue weighted by Gasteiger charge is 2.03. The van der Waals surface area contributed by atoms with Gasteiger partial charge in [0.2, 0.25) is 0 Å². The fraction of sp³-hybridized carbons (Fsp3) is 0.0833. The molecule has 0 aliphatic rings. The van der Waals surface area contributed by atoms with Crippen LogP contribution in [0.25, 0.3) is 10.8 Å². The number of fused-ring (bicyclic) bond motifs is 1. The Morgan fingerprint density at radius 1 is 1.07 bits per heavy atom. The third kappa shape index (κ3) is 2.13. The van der Waals surface area contributed by atoms with Crippen molar-refractivity contribution < 1.29 is 9.00 Å². The minimum Gasteiger partial charge on any atom is -0.302 e. The van der Waals surface area contributed by atoms with Crippen LogP contribution in [0.2, 0.25) is 0 Å². The molecule has 0 saturated heterocycles. The van der Waals surface area contributed by atoms with Crippen LogP contribution in [-0.2, 0) is 15.6 Å². The minimum atomic E-state index is -1.21. The molecule has 2 aromatic carbocycles. The van der Waals surface area contributed by atoms with Gasteiger partial charge >= 0.3 is 0 Å². The molecule has 2 nitrogen and oxygen atoms in total. The van der Waals surface area contributed by atoms with Gasteiger partial charge in [-0.1, -0.05) is 30.3 Å². The zero-order valence-electron chi connectivity index (χ0n) is 8.05. The maximum atomic E-state index is 11.6. The highest BCUT2D eigenvalue weighted by molar-refractivity contribution is 7.85. The lowest BCUT2D eigenvalue weighted by Gasteiger charge is -2.01. The van der Waals surface area contributed by atoms with Crippen molar-refractivity contribution in [3.05, 3.63) is 42.5 Å². The number of rotatable bonds is 3. The molecule has 2 aromatic rings. The Kier molecular flexibility index (Phi) is 2.92. The lowest BCUT2D eigenvalue weighted by molar-refractivity contribution is -0.105. The van der Waals surface area contributed by atoms with Crippen LogP contribution in [-0.4, -0.2) is 16.2 Å². The average molecular weight is 218 g/mol. The maximum Gasteiger partial charge on any atom is 0.132 e. The van der Waals surface area contributed by atoms with Crippen LogP contribution in [0, 0.1) is 0 Å². The van der Waals surface area contributed by atoms with E-state index in [2.05, 4.69) is 0 Å². The van der Waals surface area contributed by atoms with Crippen molar-refractivity contribution in [1.29, 1.82) is 0 Å². The Morgan fingerprint density at radius 3 is 2.53 bits per heavy atom. The zero-order chi connectivity index (χ0) is 10.7. The monoisotopic (exact) mass is 218 g/mol. The van der Waals surface area contributed by atoms with Gasteiger partial charge in [0, 0.05) is 4.90 Å². The summed E-state index contributed by atoms with van der Waals surface area (Å²) in [5.74, 6) is 0.0678. The molecule has 1 atom stereocenters. The minimum absolute atomic E-state index is 0.0678. The van der Waals surface area contributed by atoms with Gasteiger partial charge in [0.25, 0.3) is 0 Å². The van der Waals surface area contributed by atoms with Crippen molar-refractivity contribution in [2.45, 2.75) is 4.90 Å². The molecule has 0 aliphatic carbocycles. The second-order valence-corrected chi connectivity index (χ2v) is 4.68. The largest absolute Gasteiger partial charge is 0.302 e. The van der Waals surface area contributed by atoms with Crippen molar-refractivity contribution in [2.24, 2.45) is 0 Å². The summed E-state index contributed by atoms with van der Waals surface area (Å²) in [6.07, 6.45) is 0.686. The van der Waals surface area contributed by atoms with Gasteiger partial charge in [-0.05, 0) is 22.9 Å². The fourth-order valence-electron chi connectivity index (χ4n) is 1.47. The molecule has 0 bridgehead atoms. The highest BCUT2D eigenvalue weighted by atomic mass is 32.2. The van der Waals surface area contributed by atoms with Gasteiger partial charge in [0.05, 0.1) is 16.6 Å². The molecule has 0 radical (unpaired) electrons. The third-order valence-corrected chi connectivity index (χ3v) is 3.42. The summed E-state index contributed by atoms with van der Waals surface area (Å²) in [6, 6.07) is 13.5. The molecule has 1 unspecified atom stereocenters. The van der Waals surface area contributed by atoms with Crippen LogP contribution in [0.5, 0.6) is 0 Å². The van der Waals surface area contributed by atoms with E-state index >= 15 is 0 Å². The van der Waals surface area contributed by atoms with Crippen LogP contribution in [0.3, 0.4) is 0 Å². The zero-order valence-corrected chi connectivity index (χ0v) is 8.87. The van der Waals surface area contributed by atoms with Gasteiger partial charge in [-0.25, -0.2) is 0 Å². The van der Waals surface area contributed by atoms with Crippen LogP contribution in [0.15, 0.2) is 47.4 Å². The SMILES string of the molecule is O=CCS(=O)c1ccc2ccccc2c1.